The van der Waals surface area contributed by atoms with Crippen molar-refractivity contribution in [2.75, 3.05) is 11.9 Å². The van der Waals surface area contributed by atoms with Crippen molar-refractivity contribution in [1.29, 1.82) is 5.26 Å². The first-order valence-electron chi connectivity index (χ1n) is 6.69. The minimum absolute atomic E-state index is 0.0770. The molecule has 1 N–H and O–H groups in total. The van der Waals surface area contributed by atoms with E-state index in [0.29, 0.717) is 11.6 Å². The molecule has 0 heterocycles. The molecule has 1 unspecified atom stereocenters. The molecule has 102 valence electrons. The van der Waals surface area contributed by atoms with E-state index in [-0.39, 0.29) is 5.56 Å². The summed E-state index contributed by atoms with van der Waals surface area (Å²) in [5.41, 5.74) is 2.09. The van der Waals surface area contributed by atoms with E-state index in [0.717, 1.165) is 13.0 Å². The van der Waals surface area contributed by atoms with Crippen molar-refractivity contribution in [2.45, 2.75) is 19.3 Å². The molecule has 2 aromatic carbocycles. The fourth-order valence-electron chi connectivity index (χ4n) is 2.10. The molecule has 0 radical (unpaired) electrons. The van der Waals surface area contributed by atoms with Crippen molar-refractivity contribution in [3.8, 4) is 6.07 Å². The highest BCUT2D eigenvalue weighted by atomic mass is 19.1. The number of nitrogens with zero attached hydrogens (tertiary/aromatic N) is 1. The van der Waals surface area contributed by atoms with Gasteiger partial charge in [0.25, 0.3) is 0 Å². The third-order valence-corrected chi connectivity index (χ3v) is 3.36. The SMILES string of the molecule is CC(CCNc1ccc(C#N)c(F)c1)c1ccccc1. The molecule has 2 rings (SSSR count). The maximum atomic E-state index is 13.4. The van der Waals surface area contributed by atoms with Crippen molar-refractivity contribution in [1.82, 2.24) is 0 Å². The van der Waals surface area contributed by atoms with Gasteiger partial charge in [-0.3, -0.25) is 0 Å². The molecule has 0 saturated heterocycles. The van der Waals surface area contributed by atoms with Crippen LogP contribution in [-0.2, 0) is 0 Å². The zero-order valence-corrected chi connectivity index (χ0v) is 11.4. The average Bonchev–Trinajstić information content (AvgIpc) is 2.48. The van der Waals surface area contributed by atoms with Crippen molar-refractivity contribution < 1.29 is 4.39 Å². The Morgan fingerprint density at radius 2 is 1.95 bits per heavy atom. The number of halogens is 1. The van der Waals surface area contributed by atoms with Crippen LogP contribution in [0, 0.1) is 17.1 Å². The van der Waals surface area contributed by atoms with Gasteiger partial charge >= 0.3 is 0 Å². The van der Waals surface area contributed by atoms with Crippen LogP contribution in [-0.4, -0.2) is 6.54 Å². The van der Waals surface area contributed by atoms with E-state index < -0.39 is 5.82 Å². The number of anilines is 1. The summed E-state index contributed by atoms with van der Waals surface area (Å²) < 4.78 is 13.4. The second kappa shape index (κ2) is 6.72. The molecule has 2 aromatic rings. The van der Waals surface area contributed by atoms with Crippen molar-refractivity contribution >= 4 is 5.69 Å². The normalized spacial score (nSPS) is 11.7. The summed E-state index contributed by atoms with van der Waals surface area (Å²) in [7, 11) is 0. The smallest absolute Gasteiger partial charge is 0.143 e. The Bertz CT molecular complexity index is 602. The molecule has 2 nitrogen and oxygen atoms in total. The van der Waals surface area contributed by atoms with E-state index in [4.69, 9.17) is 5.26 Å². The van der Waals surface area contributed by atoms with Gasteiger partial charge in [-0.15, -0.1) is 0 Å². The number of rotatable bonds is 5. The predicted octanol–water partition coefficient (Wildman–Crippen LogP) is 4.30. The van der Waals surface area contributed by atoms with E-state index in [1.165, 1.54) is 17.7 Å². The molecule has 3 heteroatoms. The largest absolute Gasteiger partial charge is 0.385 e. The Morgan fingerprint density at radius 1 is 1.20 bits per heavy atom. The minimum atomic E-state index is -0.478. The Hall–Kier alpha value is -2.34. The van der Waals surface area contributed by atoms with E-state index in [2.05, 4.69) is 24.4 Å². The second-order valence-corrected chi connectivity index (χ2v) is 4.83. The lowest BCUT2D eigenvalue weighted by molar-refractivity contribution is 0.624. The first-order chi connectivity index (χ1) is 9.70. The first-order valence-corrected chi connectivity index (χ1v) is 6.69. The van der Waals surface area contributed by atoms with Gasteiger partial charge in [0.2, 0.25) is 0 Å². The van der Waals surface area contributed by atoms with Crippen LogP contribution in [0.2, 0.25) is 0 Å². The maximum absolute atomic E-state index is 13.4. The third kappa shape index (κ3) is 3.58. The molecule has 1 atom stereocenters. The molecule has 0 amide bonds. The summed E-state index contributed by atoms with van der Waals surface area (Å²) in [6.07, 6.45) is 0.964. The highest BCUT2D eigenvalue weighted by Gasteiger charge is 2.05. The van der Waals surface area contributed by atoms with Crippen molar-refractivity contribution in [2.24, 2.45) is 0 Å². The molecule has 0 aromatic heterocycles. The predicted molar refractivity (Wildman–Crippen MR) is 79.1 cm³/mol. The minimum Gasteiger partial charge on any atom is -0.385 e. The molecule has 0 aliphatic carbocycles. The molecule has 20 heavy (non-hydrogen) atoms. The number of nitrogens with one attached hydrogen (secondary N) is 1. The summed E-state index contributed by atoms with van der Waals surface area (Å²) >= 11 is 0. The van der Waals surface area contributed by atoms with Crippen LogP contribution in [0.3, 0.4) is 0 Å². The van der Waals surface area contributed by atoms with E-state index in [1.807, 2.05) is 24.3 Å². The molecular formula is C17H17FN2. The molecular weight excluding hydrogens is 251 g/mol. The summed E-state index contributed by atoms with van der Waals surface area (Å²) in [6.45, 7) is 2.94. The van der Waals surface area contributed by atoms with Gasteiger partial charge in [-0.25, -0.2) is 4.39 Å². The molecule has 0 aliphatic rings. The van der Waals surface area contributed by atoms with Gasteiger partial charge in [0.15, 0.2) is 0 Å². The third-order valence-electron chi connectivity index (χ3n) is 3.36. The quantitative estimate of drug-likeness (QED) is 0.877. The zero-order valence-electron chi connectivity index (χ0n) is 11.4. The van der Waals surface area contributed by atoms with Gasteiger partial charge in [0.05, 0.1) is 5.56 Å². The Balaban J connectivity index is 1.87. The van der Waals surface area contributed by atoms with Crippen molar-refractivity contribution in [3.05, 3.63) is 65.5 Å². The molecule has 0 spiro atoms. The van der Waals surface area contributed by atoms with Crippen LogP contribution in [0.1, 0.15) is 30.4 Å². The Morgan fingerprint density at radius 3 is 2.60 bits per heavy atom. The van der Waals surface area contributed by atoms with Crippen LogP contribution in [0.15, 0.2) is 48.5 Å². The molecule has 0 bridgehead atoms. The van der Waals surface area contributed by atoms with E-state index >= 15 is 0 Å². The summed E-state index contributed by atoms with van der Waals surface area (Å²) in [6, 6.07) is 16.7. The van der Waals surface area contributed by atoms with Crippen LogP contribution < -0.4 is 5.32 Å². The van der Waals surface area contributed by atoms with Crippen molar-refractivity contribution in [3.63, 3.8) is 0 Å². The highest BCUT2D eigenvalue weighted by molar-refractivity contribution is 5.48. The van der Waals surface area contributed by atoms with Gasteiger partial charge < -0.3 is 5.32 Å². The van der Waals surface area contributed by atoms with Gasteiger partial charge in [-0.05, 0) is 36.1 Å². The zero-order chi connectivity index (χ0) is 14.4. The number of nitriles is 1. The van der Waals surface area contributed by atoms with Gasteiger partial charge in [0.1, 0.15) is 11.9 Å². The van der Waals surface area contributed by atoms with Crippen LogP contribution >= 0.6 is 0 Å². The lowest BCUT2D eigenvalue weighted by Crippen LogP contribution is -2.06. The summed E-state index contributed by atoms with van der Waals surface area (Å²) in [4.78, 5) is 0. The topological polar surface area (TPSA) is 35.8 Å². The van der Waals surface area contributed by atoms with E-state index in [1.54, 1.807) is 6.07 Å². The maximum Gasteiger partial charge on any atom is 0.143 e. The fraction of sp³-hybridized carbons (Fsp3) is 0.235. The average molecular weight is 268 g/mol. The monoisotopic (exact) mass is 268 g/mol. The highest BCUT2D eigenvalue weighted by Crippen LogP contribution is 2.19. The Labute approximate surface area is 118 Å². The standard InChI is InChI=1S/C17H17FN2/c1-13(14-5-3-2-4-6-14)9-10-20-16-8-7-15(12-19)17(18)11-16/h2-8,11,13,20H,9-10H2,1H3. The number of hydrogen-bond donors (Lipinski definition) is 1. The summed E-state index contributed by atoms with van der Waals surface area (Å²) in [5.74, 6) is -0.0273. The Kier molecular flexibility index (Phi) is 4.73. The lowest BCUT2D eigenvalue weighted by Gasteiger charge is -2.13. The molecule has 0 fully saturated rings. The van der Waals surface area contributed by atoms with Crippen LogP contribution in [0.25, 0.3) is 0 Å². The van der Waals surface area contributed by atoms with Gasteiger partial charge in [-0.1, -0.05) is 37.3 Å². The molecule has 0 aliphatic heterocycles. The molecule has 0 saturated carbocycles. The first kappa shape index (κ1) is 14.1. The van der Waals surface area contributed by atoms with Crippen LogP contribution in [0.5, 0.6) is 0 Å². The van der Waals surface area contributed by atoms with Gasteiger partial charge in [0, 0.05) is 12.2 Å². The second-order valence-electron chi connectivity index (χ2n) is 4.83. The number of benzene rings is 2. The number of hydrogen-bond acceptors (Lipinski definition) is 2. The van der Waals surface area contributed by atoms with E-state index in [9.17, 15) is 4.39 Å². The lowest BCUT2D eigenvalue weighted by atomic mass is 9.98. The fourth-order valence-corrected chi connectivity index (χ4v) is 2.10. The van der Waals surface area contributed by atoms with Crippen LogP contribution in [0.4, 0.5) is 10.1 Å². The summed E-state index contributed by atoms with van der Waals surface area (Å²) in [5, 5.41) is 11.9. The van der Waals surface area contributed by atoms with Gasteiger partial charge in [-0.2, -0.15) is 5.26 Å².